The molecule has 2 heteroatoms. The van der Waals surface area contributed by atoms with Crippen LogP contribution in [0.5, 0.6) is 0 Å². The number of piperidine rings is 1. The molecule has 92 valence electrons. The van der Waals surface area contributed by atoms with Crippen LogP contribution in [-0.2, 0) is 0 Å². The van der Waals surface area contributed by atoms with Crippen LogP contribution < -0.4 is 0 Å². The summed E-state index contributed by atoms with van der Waals surface area (Å²) in [5.74, 6) is 0. The van der Waals surface area contributed by atoms with Crippen LogP contribution in [0.15, 0.2) is 0 Å². The first-order chi connectivity index (χ1) is 7.84. The second-order valence-electron chi connectivity index (χ2n) is 6.10. The Balaban J connectivity index is 1.69. The van der Waals surface area contributed by atoms with Crippen molar-refractivity contribution in [2.24, 2.45) is 0 Å². The largest absolute Gasteiger partial charge is 0.393 e. The molecular weight excluding hydrogens is 198 g/mol. The second-order valence-corrected chi connectivity index (χ2v) is 6.10. The first-order valence-corrected chi connectivity index (χ1v) is 7.30. The molecule has 2 unspecified atom stereocenters. The molecule has 2 aliphatic heterocycles. The molecule has 0 aromatic heterocycles. The third-order valence-corrected chi connectivity index (χ3v) is 5.01. The highest BCUT2D eigenvalue weighted by atomic mass is 16.3. The number of rotatable bonds is 1. The van der Waals surface area contributed by atoms with Gasteiger partial charge in [-0.25, -0.2) is 0 Å². The number of aliphatic hydroxyl groups is 1. The molecule has 3 fully saturated rings. The Morgan fingerprint density at radius 2 is 1.25 bits per heavy atom. The molecule has 0 aromatic rings. The molecule has 0 radical (unpaired) electrons. The highest BCUT2D eigenvalue weighted by Gasteiger charge is 2.43. The molecule has 16 heavy (non-hydrogen) atoms. The van der Waals surface area contributed by atoms with Gasteiger partial charge in [0.15, 0.2) is 0 Å². The van der Waals surface area contributed by atoms with E-state index in [9.17, 15) is 5.11 Å². The molecule has 0 amide bonds. The molecule has 1 aliphatic carbocycles. The summed E-state index contributed by atoms with van der Waals surface area (Å²) in [6, 6.07) is 2.29. The minimum absolute atomic E-state index is 0.000437. The van der Waals surface area contributed by atoms with Crippen LogP contribution in [0.2, 0.25) is 0 Å². The van der Waals surface area contributed by atoms with E-state index < -0.39 is 0 Å². The zero-order chi connectivity index (χ0) is 11.0. The van der Waals surface area contributed by atoms with Crippen molar-refractivity contribution in [1.82, 2.24) is 4.90 Å². The van der Waals surface area contributed by atoms with Gasteiger partial charge in [0.2, 0.25) is 0 Å². The van der Waals surface area contributed by atoms with Gasteiger partial charge in [-0.15, -0.1) is 0 Å². The highest BCUT2D eigenvalue weighted by Crippen LogP contribution is 2.39. The number of hydrogen-bond acceptors (Lipinski definition) is 2. The Morgan fingerprint density at radius 1 is 0.688 bits per heavy atom. The molecule has 0 spiro atoms. The van der Waals surface area contributed by atoms with Gasteiger partial charge >= 0.3 is 0 Å². The zero-order valence-electron chi connectivity index (χ0n) is 10.3. The van der Waals surface area contributed by atoms with Gasteiger partial charge in [-0.05, 0) is 38.5 Å². The van der Waals surface area contributed by atoms with Crippen LogP contribution in [0.25, 0.3) is 0 Å². The number of aliphatic hydroxyl groups excluding tert-OH is 1. The Labute approximate surface area is 99.0 Å². The van der Waals surface area contributed by atoms with Crippen molar-refractivity contribution in [3.05, 3.63) is 0 Å². The molecule has 1 N–H and O–H groups in total. The van der Waals surface area contributed by atoms with E-state index in [1.165, 1.54) is 51.4 Å². The minimum atomic E-state index is -0.000437. The maximum absolute atomic E-state index is 9.84. The van der Waals surface area contributed by atoms with E-state index in [2.05, 4.69) is 4.90 Å². The summed E-state index contributed by atoms with van der Waals surface area (Å²) in [4.78, 5) is 2.82. The van der Waals surface area contributed by atoms with Crippen molar-refractivity contribution in [2.75, 3.05) is 0 Å². The zero-order valence-corrected chi connectivity index (χ0v) is 10.3. The van der Waals surface area contributed by atoms with E-state index in [1.807, 2.05) is 0 Å². The summed E-state index contributed by atoms with van der Waals surface area (Å²) in [6.07, 6.45) is 13.4. The molecule has 2 bridgehead atoms. The molecular formula is C14H25NO. The average molecular weight is 223 g/mol. The van der Waals surface area contributed by atoms with Gasteiger partial charge < -0.3 is 5.11 Å². The molecule has 2 heterocycles. The van der Waals surface area contributed by atoms with Crippen LogP contribution in [0.1, 0.15) is 64.2 Å². The predicted molar refractivity (Wildman–Crippen MR) is 65.4 cm³/mol. The van der Waals surface area contributed by atoms with E-state index >= 15 is 0 Å². The first-order valence-electron chi connectivity index (χ1n) is 7.30. The third kappa shape index (κ3) is 2.02. The minimum Gasteiger partial charge on any atom is -0.393 e. The van der Waals surface area contributed by atoms with Crippen LogP contribution in [-0.4, -0.2) is 34.2 Å². The van der Waals surface area contributed by atoms with Crippen LogP contribution >= 0.6 is 0 Å². The van der Waals surface area contributed by atoms with Crippen molar-refractivity contribution >= 4 is 0 Å². The van der Waals surface area contributed by atoms with Gasteiger partial charge in [-0.3, -0.25) is 4.90 Å². The first kappa shape index (κ1) is 11.0. The highest BCUT2D eigenvalue weighted by molar-refractivity contribution is 4.98. The van der Waals surface area contributed by atoms with Gasteiger partial charge in [-0.1, -0.05) is 25.7 Å². The summed E-state index contributed by atoms with van der Waals surface area (Å²) < 4.78 is 0. The second kappa shape index (κ2) is 4.66. The maximum atomic E-state index is 9.84. The Morgan fingerprint density at radius 3 is 1.81 bits per heavy atom. The van der Waals surface area contributed by atoms with E-state index in [-0.39, 0.29) is 6.10 Å². The average Bonchev–Trinajstić information content (AvgIpc) is 2.49. The number of fused-ring (bicyclic) bond motifs is 2. The predicted octanol–water partition coefficient (Wildman–Crippen LogP) is 2.70. The summed E-state index contributed by atoms with van der Waals surface area (Å²) in [7, 11) is 0. The fraction of sp³-hybridized carbons (Fsp3) is 1.00. The Hall–Kier alpha value is -0.0800. The molecule has 2 nitrogen and oxygen atoms in total. The van der Waals surface area contributed by atoms with E-state index in [1.54, 1.807) is 0 Å². The van der Waals surface area contributed by atoms with Gasteiger partial charge in [0.05, 0.1) is 6.10 Å². The van der Waals surface area contributed by atoms with Crippen molar-refractivity contribution in [3.8, 4) is 0 Å². The SMILES string of the molecule is OC1CC2CCC(C1)N2C1CCCCCC1. The summed E-state index contributed by atoms with van der Waals surface area (Å²) in [5, 5.41) is 9.84. The lowest BCUT2D eigenvalue weighted by Gasteiger charge is -2.42. The lowest BCUT2D eigenvalue weighted by molar-refractivity contribution is 0.00641. The molecule has 3 rings (SSSR count). The molecule has 0 aromatic carbocycles. The maximum Gasteiger partial charge on any atom is 0.0570 e. The van der Waals surface area contributed by atoms with E-state index in [4.69, 9.17) is 0 Å². The lowest BCUT2D eigenvalue weighted by atomic mass is 9.95. The smallest absolute Gasteiger partial charge is 0.0570 e. The van der Waals surface area contributed by atoms with Crippen molar-refractivity contribution < 1.29 is 5.11 Å². The fourth-order valence-electron chi connectivity index (χ4n) is 4.34. The van der Waals surface area contributed by atoms with Crippen molar-refractivity contribution in [2.45, 2.75) is 88.4 Å². The Bertz CT molecular complexity index is 221. The molecule has 2 saturated heterocycles. The molecule has 2 atom stereocenters. The van der Waals surface area contributed by atoms with Gasteiger partial charge in [0.25, 0.3) is 0 Å². The van der Waals surface area contributed by atoms with Gasteiger partial charge in [0, 0.05) is 18.1 Å². The van der Waals surface area contributed by atoms with E-state index in [0.717, 1.165) is 31.0 Å². The van der Waals surface area contributed by atoms with Gasteiger partial charge in [-0.2, -0.15) is 0 Å². The lowest BCUT2D eigenvalue weighted by Crippen LogP contribution is -2.49. The summed E-state index contributed by atoms with van der Waals surface area (Å²) >= 11 is 0. The topological polar surface area (TPSA) is 23.5 Å². The van der Waals surface area contributed by atoms with Crippen LogP contribution in [0.4, 0.5) is 0 Å². The quantitative estimate of drug-likeness (QED) is 0.691. The standard InChI is InChI=1S/C14H25NO/c16-14-9-12-7-8-13(10-14)15(12)11-5-3-1-2-4-6-11/h11-14,16H,1-10H2. The van der Waals surface area contributed by atoms with E-state index in [0.29, 0.717) is 0 Å². The normalized spacial score (nSPS) is 42.2. The number of hydrogen-bond donors (Lipinski definition) is 1. The van der Waals surface area contributed by atoms with Crippen molar-refractivity contribution in [3.63, 3.8) is 0 Å². The Kier molecular flexibility index (Phi) is 3.21. The fourth-order valence-corrected chi connectivity index (χ4v) is 4.34. The summed E-state index contributed by atoms with van der Waals surface area (Å²) in [5.41, 5.74) is 0. The third-order valence-electron chi connectivity index (χ3n) is 5.01. The summed E-state index contributed by atoms with van der Waals surface area (Å²) in [6.45, 7) is 0. The number of nitrogens with zero attached hydrogens (tertiary/aromatic N) is 1. The van der Waals surface area contributed by atoms with Gasteiger partial charge in [0.1, 0.15) is 0 Å². The molecule has 3 aliphatic rings. The van der Waals surface area contributed by atoms with Crippen molar-refractivity contribution in [1.29, 1.82) is 0 Å². The van der Waals surface area contributed by atoms with Crippen LogP contribution in [0.3, 0.4) is 0 Å². The van der Waals surface area contributed by atoms with Crippen LogP contribution in [0, 0.1) is 0 Å². The monoisotopic (exact) mass is 223 g/mol. The molecule has 1 saturated carbocycles.